The van der Waals surface area contributed by atoms with Crippen LogP contribution in [0.2, 0.25) is 0 Å². The minimum Gasteiger partial charge on any atom is -0.396 e. The van der Waals surface area contributed by atoms with Gasteiger partial charge in [-0.15, -0.1) is 0 Å². The first-order valence-electron chi connectivity index (χ1n) is 11.7. The van der Waals surface area contributed by atoms with Crippen LogP contribution < -0.4 is 5.32 Å². The molecule has 0 aromatic carbocycles. The lowest BCUT2D eigenvalue weighted by Crippen LogP contribution is -2.28. The van der Waals surface area contributed by atoms with Crippen molar-refractivity contribution in [1.29, 1.82) is 0 Å². The molecule has 2 atom stereocenters. The number of nitrogens with one attached hydrogen (secondary N) is 1. The van der Waals surface area contributed by atoms with Crippen LogP contribution in [0.15, 0.2) is 0 Å². The van der Waals surface area contributed by atoms with E-state index in [4.69, 9.17) is 27.6 Å². The number of ether oxygens (including phenoxy) is 2. The van der Waals surface area contributed by atoms with Gasteiger partial charge in [0.25, 0.3) is 0 Å². The van der Waals surface area contributed by atoms with Gasteiger partial charge in [0.2, 0.25) is 5.91 Å². The molecule has 0 aromatic rings. The van der Waals surface area contributed by atoms with Crippen LogP contribution in [-0.4, -0.2) is 91.2 Å². The minimum atomic E-state index is -4.08. The number of aliphatic hydroxyl groups excluding tert-OH is 1. The van der Waals surface area contributed by atoms with Gasteiger partial charge in [-0.25, -0.2) is 4.57 Å². The van der Waals surface area contributed by atoms with E-state index in [0.717, 1.165) is 12.8 Å². The molecule has 0 saturated heterocycles. The van der Waals surface area contributed by atoms with Crippen LogP contribution in [0.25, 0.3) is 0 Å². The fraction of sp³-hybridized carbons (Fsp3) is 0.950. The normalized spacial score (nSPS) is 14.9. The zero-order chi connectivity index (χ0) is 26.7. The summed E-state index contributed by atoms with van der Waals surface area (Å²) in [5, 5.41) is 12.3. The fourth-order valence-electron chi connectivity index (χ4n) is 2.49. The van der Waals surface area contributed by atoms with Gasteiger partial charge < -0.3 is 24.8 Å². The van der Waals surface area contributed by atoms with E-state index in [0.29, 0.717) is 13.0 Å². The highest BCUT2D eigenvalue weighted by molar-refractivity contribution is 7.54. The standard InChI is InChI=1S/C20H43NO12P2/c1-17(2)20(23)21-8-6-5-7-19(15-22)16-32-34(24,25)30-13-11-28-9-10-29-12-14-31-35(26,27)33-18(3)4/h17-19,22,24-25H,5-16H2,1-4H3,(H-,21,23,26,27)/p+1. The fourth-order valence-corrected chi connectivity index (χ4v) is 4.18. The van der Waals surface area contributed by atoms with Crippen LogP contribution in [0.1, 0.15) is 47.0 Å². The Hall–Kier alpha value is -0.270. The van der Waals surface area contributed by atoms with E-state index >= 15 is 0 Å². The Labute approximate surface area is 208 Å². The highest BCUT2D eigenvalue weighted by Gasteiger charge is 2.40. The molecule has 15 heteroatoms. The molecule has 0 aliphatic carbocycles. The number of hydrogen-bond acceptors (Lipinski definition) is 11. The lowest BCUT2D eigenvalue weighted by molar-refractivity contribution is -0.123. The molecule has 0 heterocycles. The molecule has 0 spiro atoms. The lowest BCUT2D eigenvalue weighted by Gasteiger charge is -2.15. The molecule has 0 saturated carbocycles. The molecule has 35 heavy (non-hydrogen) atoms. The molecule has 2 unspecified atom stereocenters. The van der Waals surface area contributed by atoms with Crippen LogP contribution in [-0.2, 0) is 36.9 Å². The van der Waals surface area contributed by atoms with Crippen molar-refractivity contribution >= 4 is 21.9 Å². The van der Waals surface area contributed by atoms with Crippen LogP contribution in [0.5, 0.6) is 0 Å². The number of carbonyl (C=O) groups excluding carboxylic acids is 1. The summed E-state index contributed by atoms with van der Waals surface area (Å²) in [6.07, 6.45) is 1.64. The molecule has 0 rings (SSSR count). The average molecular weight is 553 g/mol. The second kappa shape index (κ2) is 19.8. The first-order valence-corrected chi connectivity index (χ1v) is 14.7. The van der Waals surface area contributed by atoms with Crippen molar-refractivity contribution in [2.24, 2.45) is 11.8 Å². The molecule has 0 aliphatic heterocycles. The van der Waals surface area contributed by atoms with E-state index in [-0.39, 0.29) is 70.6 Å². The maximum atomic E-state index is 11.5. The lowest BCUT2D eigenvalue weighted by atomic mass is 10.0. The molecule has 0 bridgehead atoms. The molecule has 13 nitrogen and oxygen atoms in total. The van der Waals surface area contributed by atoms with Crippen molar-refractivity contribution in [3.8, 4) is 0 Å². The van der Waals surface area contributed by atoms with Gasteiger partial charge in [-0.05, 0) is 26.7 Å². The van der Waals surface area contributed by atoms with Crippen LogP contribution in [0.3, 0.4) is 0 Å². The second-order valence-corrected chi connectivity index (χ2v) is 11.2. The number of unbranched alkanes of at least 4 members (excludes halogenated alkanes) is 1. The summed E-state index contributed by atoms with van der Waals surface area (Å²) >= 11 is 0. The molecule has 210 valence electrons. The Morgan fingerprint density at radius 2 is 1.54 bits per heavy atom. The van der Waals surface area contributed by atoms with E-state index in [2.05, 4.69) is 5.32 Å². The van der Waals surface area contributed by atoms with Crippen molar-refractivity contribution in [2.45, 2.75) is 53.1 Å². The highest BCUT2D eigenvalue weighted by Crippen LogP contribution is 2.52. The van der Waals surface area contributed by atoms with E-state index in [9.17, 15) is 29.1 Å². The molecule has 1 amide bonds. The molecule has 0 radical (unpaired) electrons. The third-order valence-electron chi connectivity index (χ3n) is 4.28. The maximum absolute atomic E-state index is 11.5. The summed E-state index contributed by atoms with van der Waals surface area (Å²) in [7, 11) is -8.11. The number of phosphoric acid groups is 1. The van der Waals surface area contributed by atoms with Crippen LogP contribution >= 0.6 is 16.0 Å². The Morgan fingerprint density at radius 3 is 2.11 bits per heavy atom. The summed E-state index contributed by atoms with van der Waals surface area (Å²) in [6, 6.07) is 0. The SMILES string of the molecule is CC(C)OP(=O)(O)OCCOCCOCCO[P+](O)(O)OCC(CO)CCCCNC(=O)C(C)C. The van der Waals surface area contributed by atoms with E-state index in [1.807, 2.05) is 13.8 Å². The van der Waals surface area contributed by atoms with Gasteiger partial charge in [0.05, 0.1) is 39.1 Å². The second-order valence-electron chi connectivity index (χ2n) is 8.29. The summed E-state index contributed by atoms with van der Waals surface area (Å²) in [4.78, 5) is 40.5. The topological polar surface area (TPSA) is 182 Å². The van der Waals surface area contributed by atoms with Crippen LogP contribution in [0, 0.1) is 11.8 Å². The zero-order valence-corrected chi connectivity index (χ0v) is 23.0. The average Bonchev–Trinajstić information content (AvgIpc) is 2.75. The number of carbonyl (C=O) groups is 1. The third kappa shape index (κ3) is 21.5. The predicted molar refractivity (Wildman–Crippen MR) is 129 cm³/mol. The van der Waals surface area contributed by atoms with Crippen molar-refractivity contribution in [3.63, 3.8) is 0 Å². The van der Waals surface area contributed by atoms with Gasteiger partial charge >= 0.3 is 16.0 Å². The monoisotopic (exact) mass is 552 g/mol. The summed E-state index contributed by atoms with van der Waals surface area (Å²) in [6.45, 7) is 7.44. The zero-order valence-electron chi connectivity index (χ0n) is 21.2. The van der Waals surface area contributed by atoms with E-state index in [1.165, 1.54) is 0 Å². The predicted octanol–water partition coefficient (Wildman–Crippen LogP) is 1.81. The molecule has 5 N–H and O–H groups in total. The van der Waals surface area contributed by atoms with Gasteiger partial charge in [-0.3, -0.25) is 13.8 Å². The number of phosphoric ester groups is 1. The Balaban J connectivity index is 3.77. The largest absolute Gasteiger partial charge is 0.570 e. The van der Waals surface area contributed by atoms with Gasteiger partial charge in [-0.1, -0.05) is 20.3 Å². The minimum absolute atomic E-state index is 0.00590. The Morgan fingerprint density at radius 1 is 0.943 bits per heavy atom. The molecule has 0 fully saturated rings. The van der Waals surface area contributed by atoms with E-state index < -0.39 is 22.1 Å². The smallest absolute Gasteiger partial charge is 0.396 e. The number of rotatable bonds is 23. The number of aliphatic hydroxyl groups is 1. The first-order chi connectivity index (χ1) is 16.4. The van der Waals surface area contributed by atoms with Gasteiger partial charge in [0.1, 0.15) is 13.2 Å². The van der Waals surface area contributed by atoms with Gasteiger partial charge in [0.15, 0.2) is 0 Å². The molecular weight excluding hydrogens is 508 g/mol. The summed E-state index contributed by atoms with van der Waals surface area (Å²) < 4.78 is 41.3. The van der Waals surface area contributed by atoms with Crippen molar-refractivity contribution < 1.29 is 56.7 Å². The molecule has 0 aromatic heterocycles. The maximum Gasteiger partial charge on any atom is 0.570 e. The summed E-state index contributed by atoms with van der Waals surface area (Å²) in [5.41, 5.74) is 0. The van der Waals surface area contributed by atoms with Gasteiger partial charge in [0, 0.05) is 25.0 Å². The third-order valence-corrected chi connectivity index (χ3v) is 6.49. The number of amides is 1. The van der Waals surface area contributed by atoms with Crippen molar-refractivity contribution in [3.05, 3.63) is 0 Å². The van der Waals surface area contributed by atoms with E-state index in [1.54, 1.807) is 13.8 Å². The first kappa shape index (κ1) is 34.7. The number of hydrogen-bond donors (Lipinski definition) is 5. The highest BCUT2D eigenvalue weighted by atomic mass is 31.2. The van der Waals surface area contributed by atoms with Crippen molar-refractivity contribution in [2.75, 3.05) is 59.4 Å². The van der Waals surface area contributed by atoms with Crippen LogP contribution in [0.4, 0.5) is 0 Å². The Kier molecular flexibility index (Phi) is 19.6. The molecular formula is C20H44NO12P2+. The van der Waals surface area contributed by atoms with Gasteiger partial charge in [-0.2, -0.15) is 18.8 Å². The van der Waals surface area contributed by atoms with Crippen molar-refractivity contribution in [1.82, 2.24) is 5.32 Å². The quantitative estimate of drug-likeness (QED) is 0.0917. The summed E-state index contributed by atoms with van der Waals surface area (Å²) in [5.74, 6) is -0.356. The molecule has 0 aliphatic rings. The Bertz CT molecular complexity index is 594.